The Morgan fingerprint density at radius 2 is 1.59 bits per heavy atom. The lowest BCUT2D eigenvalue weighted by atomic mass is 9.89. The fraction of sp³-hybridized carbons (Fsp3) is 0.154. The van der Waals surface area contributed by atoms with Crippen LogP contribution >= 0.6 is 0 Å². The molecular formula is C26H20F4OS. The molecule has 32 heavy (non-hydrogen) atoms. The number of hydrogen-bond acceptors (Lipinski definition) is 1. The highest BCUT2D eigenvalue weighted by atomic mass is 32.2. The van der Waals surface area contributed by atoms with Gasteiger partial charge in [0.2, 0.25) is 0 Å². The van der Waals surface area contributed by atoms with Gasteiger partial charge in [-0.05, 0) is 82.8 Å². The van der Waals surface area contributed by atoms with E-state index in [2.05, 4.69) is 0 Å². The first-order valence-electron chi connectivity index (χ1n) is 10.1. The number of aryl methyl sites for hydroxylation is 1. The van der Waals surface area contributed by atoms with Crippen molar-refractivity contribution < 1.29 is 21.8 Å². The maximum absolute atomic E-state index is 14.0. The van der Waals surface area contributed by atoms with E-state index in [9.17, 15) is 21.8 Å². The van der Waals surface area contributed by atoms with Crippen molar-refractivity contribution in [2.45, 2.75) is 36.2 Å². The SMILES string of the molecule is CCc1cc2ccc(F)cc2c(-c2ccc(S(=O)c3ccccc3C(F)(F)F)cc2)c1C. The summed E-state index contributed by atoms with van der Waals surface area (Å²) < 4.78 is 67.0. The van der Waals surface area contributed by atoms with Crippen LogP contribution < -0.4 is 0 Å². The van der Waals surface area contributed by atoms with E-state index in [1.165, 1.54) is 30.3 Å². The zero-order chi connectivity index (χ0) is 23.0. The van der Waals surface area contributed by atoms with Crippen molar-refractivity contribution in [2.24, 2.45) is 0 Å². The summed E-state index contributed by atoms with van der Waals surface area (Å²) in [5.74, 6) is -0.344. The normalized spacial score (nSPS) is 12.8. The van der Waals surface area contributed by atoms with Gasteiger partial charge in [0.05, 0.1) is 21.3 Å². The van der Waals surface area contributed by atoms with Crippen molar-refractivity contribution in [1.82, 2.24) is 0 Å². The Morgan fingerprint density at radius 3 is 2.25 bits per heavy atom. The van der Waals surface area contributed by atoms with Gasteiger partial charge in [-0.1, -0.05) is 43.3 Å². The molecule has 0 aliphatic heterocycles. The molecule has 1 nitrogen and oxygen atoms in total. The van der Waals surface area contributed by atoms with Gasteiger partial charge in [0.25, 0.3) is 0 Å². The fourth-order valence-corrected chi connectivity index (χ4v) is 5.23. The van der Waals surface area contributed by atoms with Crippen LogP contribution in [0.15, 0.2) is 82.6 Å². The quantitative estimate of drug-likeness (QED) is 0.288. The third kappa shape index (κ3) is 4.07. The number of rotatable bonds is 4. The topological polar surface area (TPSA) is 17.1 Å². The summed E-state index contributed by atoms with van der Waals surface area (Å²) in [7, 11) is -1.99. The standard InChI is InChI=1S/C26H20F4OS/c1-3-17-14-19-8-11-20(27)15-22(19)25(16(17)2)18-9-12-21(13-10-18)32(31)24-7-5-4-6-23(24)26(28,29)30/h4-15H,3H2,1-2H3. The smallest absolute Gasteiger partial charge is 0.249 e. The van der Waals surface area contributed by atoms with E-state index in [-0.39, 0.29) is 15.6 Å². The van der Waals surface area contributed by atoms with E-state index in [0.717, 1.165) is 45.5 Å². The van der Waals surface area contributed by atoms with Crippen LogP contribution in [0.4, 0.5) is 17.6 Å². The molecule has 0 N–H and O–H groups in total. The van der Waals surface area contributed by atoms with Crippen molar-refractivity contribution in [3.63, 3.8) is 0 Å². The van der Waals surface area contributed by atoms with Gasteiger partial charge in [-0.2, -0.15) is 13.2 Å². The second-order valence-corrected chi connectivity index (χ2v) is 8.99. The fourth-order valence-electron chi connectivity index (χ4n) is 4.00. The molecule has 0 spiro atoms. The second-order valence-electron chi connectivity index (χ2n) is 7.54. The van der Waals surface area contributed by atoms with Gasteiger partial charge in [-0.25, -0.2) is 8.60 Å². The van der Waals surface area contributed by atoms with E-state index in [1.54, 1.807) is 30.3 Å². The largest absolute Gasteiger partial charge is 0.417 e. The summed E-state index contributed by atoms with van der Waals surface area (Å²) in [6.45, 7) is 4.02. The molecule has 1 atom stereocenters. The lowest BCUT2D eigenvalue weighted by Crippen LogP contribution is -2.10. The molecule has 0 aliphatic rings. The number of benzene rings is 4. The molecule has 0 bridgehead atoms. The number of alkyl halides is 3. The van der Waals surface area contributed by atoms with E-state index in [1.807, 2.05) is 19.9 Å². The first-order chi connectivity index (χ1) is 15.2. The molecule has 4 aromatic rings. The van der Waals surface area contributed by atoms with Crippen LogP contribution in [0.1, 0.15) is 23.6 Å². The van der Waals surface area contributed by atoms with Gasteiger partial charge in [0, 0.05) is 4.90 Å². The van der Waals surface area contributed by atoms with Crippen molar-refractivity contribution in [2.75, 3.05) is 0 Å². The van der Waals surface area contributed by atoms with Crippen LogP contribution in [0.5, 0.6) is 0 Å². The number of hydrogen-bond donors (Lipinski definition) is 0. The minimum Gasteiger partial charge on any atom is -0.249 e. The lowest BCUT2D eigenvalue weighted by molar-refractivity contribution is -0.139. The van der Waals surface area contributed by atoms with E-state index < -0.39 is 22.5 Å². The van der Waals surface area contributed by atoms with Gasteiger partial charge in [0.15, 0.2) is 0 Å². The Kier molecular flexibility index (Phi) is 5.91. The van der Waals surface area contributed by atoms with Gasteiger partial charge < -0.3 is 0 Å². The average Bonchev–Trinajstić information content (AvgIpc) is 2.78. The molecule has 1 unspecified atom stereocenters. The van der Waals surface area contributed by atoms with E-state index in [0.29, 0.717) is 0 Å². The van der Waals surface area contributed by atoms with Crippen molar-refractivity contribution in [1.29, 1.82) is 0 Å². The lowest BCUT2D eigenvalue weighted by Gasteiger charge is -2.16. The first-order valence-corrected chi connectivity index (χ1v) is 11.3. The molecule has 0 amide bonds. The van der Waals surface area contributed by atoms with Crippen LogP contribution in [-0.2, 0) is 23.4 Å². The second kappa shape index (κ2) is 8.51. The Hall–Kier alpha value is -2.99. The average molecular weight is 457 g/mol. The molecule has 0 heterocycles. The molecule has 0 aliphatic carbocycles. The molecule has 4 rings (SSSR count). The number of halogens is 4. The zero-order valence-corrected chi connectivity index (χ0v) is 18.3. The summed E-state index contributed by atoms with van der Waals surface area (Å²) in [5.41, 5.74) is 2.90. The van der Waals surface area contributed by atoms with Crippen LogP contribution in [0.2, 0.25) is 0 Å². The monoisotopic (exact) mass is 456 g/mol. The van der Waals surface area contributed by atoms with E-state index in [4.69, 9.17) is 0 Å². The first kappa shape index (κ1) is 22.2. The third-order valence-corrected chi connectivity index (χ3v) is 7.06. The van der Waals surface area contributed by atoms with E-state index >= 15 is 0 Å². The van der Waals surface area contributed by atoms with Crippen LogP contribution in [0.3, 0.4) is 0 Å². The Morgan fingerprint density at radius 1 is 0.906 bits per heavy atom. The van der Waals surface area contributed by atoms with Gasteiger partial charge in [-0.3, -0.25) is 0 Å². The predicted molar refractivity (Wildman–Crippen MR) is 120 cm³/mol. The summed E-state index contributed by atoms with van der Waals surface area (Å²) in [5, 5.41) is 1.67. The highest BCUT2D eigenvalue weighted by Gasteiger charge is 2.34. The molecule has 0 radical (unpaired) electrons. The zero-order valence-electron chi connectivity index (χ0n) is 17.5. The third-order valence-electron chi connectivity index (χ3n) is 5.60. The Bertz CT molecular complexity index is 1320. The summed E-state index contributed by atoms with van der Waals surface area (Å²) in [6, 6.07) is 18.2. The van der Waals surface area contributed by atoms with Crippen molar-refractivity contribution >= 4 is 21.6 Å². The Balaban J connectivity index is 1.81. The molecule has 6 heteroatoms. The van der Waals surface area contributed by atoms with Gasteiger partial charge in [-0.15, -0.1) is 0 Å². The molecule has 164 valence electrons. The highest BCUT2D eigenvalue weighted by Crippen LogP contribution is 2.37. The molecule has 0 saturated heterocycles. The summed E-state index contributed by atoms with van der Waals surface area (Å²) >= 11 is 0. The Labute approximate surface area is 186 Å². The molecule has 0 saturated carbocycles. The van der Waals surface area contributed by atoms with Gasteiger partial charge in [0.1, 0.15) is 5.82 Å². The van der Waals surface area contributed by atoms with Crippen molar-refractivity contribution in [3.05, 3.63) is 95.3 Å². The van der Waals surface area contributed by atoms with Crippen LogP contribution in [0, 0.1) is 12.7 Å². The molecular weight excluding hydrogens is 436 g/mol. The van der Waals surface area contributed by atoms with Crippen molar-refractivity contribution in [3.8, 4) is 11.1 Å². The maximum atomic E-state index is 14.0. The highest BCUT2D eigenvalue weighted by molar-refractivity contribution is 7.85. The summed E-state index contributed by atoms with van der Waals surface area (Å²) in [6.07, 6.45) is -3.78. The predicted octanol–water partition coefficient (Wildman–Crippen LogP) is 7.70. The van der Waals surface area contributed by atoms with Crippen LogP contribution in [0.25, 0.3) is 21.9 Å². The molecule has 4 aromatic carbocycles. The van der Waals surface area contributed by atoms with Gasteiger partial charge >= 0.3 is 6.18 Å². The maximum Gasteiger partial charge on any atom is 0.417 e. The minimum absolute atomic E-state index is 0.269. The minimum atomic E-state index is -4.59. The molecule has 0 fully saturated rings. The summed E-state index contributed by atoms with van der Waals surface area (Å²) in [4.78, 5) is -0.00494. The van der Waals surface area contributed by atoms with Crippen LogP contribution in [-0.4, -0.2) is 4.21 Å². The molecule has 0 aromatic heterocycles. The number of fused-ring (bicyclic) bond motifs is 1.